The smallest absolute Gasteiger partial charge is 0.223 e. The van der Waals surface area contributed by atoms with Crippen molar-refractivity contribution in [2.75, 3.05) is 13.1 Å². The Kier molecular flexibility index (Phi) is 5.48. The number of rotatable bonds is 6. The van der Waals surface area contributed by atoms with E-state index in [0.717, 1.165) is 44.2 Å². The molecule has 1 N–H and O–H groups in total. The molecule has 1 atom stereocenters. The Hall–Kier alpha value is -1.91. The highest BCUT2D eigenvalue weighted by Crippen LogP contribution is 2.25. The van der Waals surface area contributed by atoms with Crippen LogP contribution < -0.4 is 5.32 Å². The average Bonchev–Trinajstić information content (AvgIpc) is 3.23. The van der Waals surface area contributed by atoms with Gasteiger partial charge in [0.1, 0.15) is 5.82 Å². The largest absolute Gasteiger partial charge is 0.354 e. The van der Waals surface area contributed by atoms with E-state index in [0.29, 0.717) is 19.4 Å². The molecule has 0 spiro atoms. The predicted molar refractivity (Wildman–Crippen MR) is 89.8 cm³/mol. The Morgan fingerprint density at radius 1 is 1.29 bits per heavy atom. The van der Waals surface area contributed by atoms with Gasteiger partial charge in [-0.2, -0.15) is 0 Å². The molecule has 3 rings (SSSR count). The van der Waals surface area contributed by atoms with E-state index in [1.165, 1.54) is 12.1 Å². The van der Waals surface area contributed by atoms with Crippen molar-refractivity contribution in [3.05, 3.63) is 35.6 Å². The van der Waals surface area contributed by atoms with Gasteiger partial charge in [0.2, 0.25) is 11.8 Å². The van der Waals surface area contributed by atoms with Crippen LogP contribution in [0.4, 0.5) is 4.39 Å². The number of carbonyl (C=O) groups is 2. The molecule has 1 aliphatic carbocycles. The maximum Gasteiger partial charge on any atom is 0.223 e. The third-order valence-electron chi connectivity index (χ3n) is 5.15. The fraction of sp³-hybridized carbons (Fsp3) is 0.579. The van der Waals surface area contributed by atoms with Crippen molar-refractivity contribution in [2.24, 2.45) is 5.92 Å². The fourth-order valence-corrected chi connectivity index (χ4v) is 3.83. The number of amides is 2. The minimum absolute atomic E-state index is 0.100. The molecule has 1 saturated heterocycles. The highest BCUT2D eigenvalue weighted by atomic mass is 19.1. The number of nitrogens with zero attached hydrogens (tertiary/aromatic N) is 1. The van der Waals surface area contributed by atoms with E-state index in [1.807, 2.05) is 11.0 Å². The lowest BCUT2D eigenvalue weighted by Gasteiger charge is -2.28. The molecule has 1 heterocycles. The van der Waals surface area contributed by atoms with Crippen molar-refractivity contribution in [1.29, 1.82) is 0 Å². The van der Waals surface area contributed by atoms with E-state index in [2.05, 4.69) is 5.32 Å². The van der Waals surface area contributed by atoms with Crippen LogP contribution in [0.2, 0.25) is 0 Å². The summed E-state index contributed by atoms with van der Waals surface area (Å²) in [5.74, 6) is 0.0815. The standard InChI is InChI=1S/C19H25FN2O2/c20-16-8-3-5-14(11-16)12-17(22-10-4-9-18(22)23)13-21-19(24)15-6-1-2-7-15/h3,5,8,11,15,17H,1-2,4,6-7,9-10,12-13H2,(H,21,24)/t17-/m0/s1. The van der Waals surface area contributed by atoms with Crippen LogP contribution in [0.25, 0.3) is 0 Å². The first-order valence-electron chi connectivity index (χ1n) is 8.95. The van der Waals surface area contributed by atoms with E-state index < -0.39 is 0 Å². The summed E-state index contributed by atoms with van der Waals surface area (Å²) >= 11 is 0. The number of benzene rings is 1. The van der Waals surface area contributed by atoms with Crippen molar-refractivity contribution in [2.45, 2.75) is 51.0 Å². The summed E-state index contributed by atoms with van der Waals surface area (Å²) in [6.07, 6.45) is 6.15. The molecule has 1 aliphatic heterocycles. The molecular weight excluding hydrogens is 307 g/mol. The van der Waals surface area contributed by atoms with E-state index in [1.54, 1.807) is 6.07 Å². The van der Waals surface area contributed by atoms with Gasteiger partial charge in [0.15, 0.2) is 0 Å². The Balaban J connectivity index is 1.65. The summed E-state index contributed by atoms with van der Waals surface area (Å²) in [5, 5.41) is 3.03. The van der Waals surface area contributed by atoms with E-state index in [9.17, 15) is 14.0 Å². The lowest BCUT2D eigenvalue weighted by atomic mass is 10.0. The molecule has 1 saturated carbocycles. The highest BCUT2D eigenvalue weighted by Gasteiger charge is 2.29. The fourth-order valence-electron chi connectivity index (χ4n) is 3.83. The second kappa shape index (κ2) is 7.77. The van der Waals surface area contributed by atoms with Crippen molar-refractivity contribution >= 4 is 11.8 Å². The van der Waals surface area contributed by atoms with E-state index >= 15 is 0 Å². The van der Waals surface area contributed by atoms with Gasteiger partial charge in [0.25, 0.3) is 0 Å². The molecule has 24 heavy (non-hydrogen) atoms. The third-order valence-corrected chi connectivity index (χ3v) is 5.15. The van der Waals surface area contributed by atoms with Gasteiger partial charge in [-0.1, -0.05) is 25.0 Å². The molecule has 0 bridgehead atoms. The quantitative estimate of drug-likeness (QED) is 0.871. The summed E-state index contributed by atoms with van der Waals surface area (Å²) in [6, 6.07) is 6.38. The van der Waals surface area contributed by atoms with E-state index in [-0.39, 0.29) is 29.6 Å². The van der Waals surface area contributed by atoms with Crippen molar-refractivity contribution in [3.8, 4) is 0 Å². The number of hydrogen-bond donors (Lipinski definition) is 1. The first-order valence-corrected chi connectivity index (χ1v) is 8.95. The first kappa shape index (κ1) is 16.9. The van der Waals surface area contributed by atoms with Crippen LogP contribution in [-0.2, 0) is 16.0 Å². The maximum atomic E-state index is 13.4. The monoisotopic (exact) mass is 332 g/mol. The van der Waals surface area contributed by atoms with Crippen LogP contribution in [0.1, 0.15) is 44.1 Å². The van der Waals surface area contributed by atoms with Gasteiger partial charge in [-0.05, 0) is 43.4 Å². The van der Waals surface area contributed by atoms with Crippen LogP contribution in [0, 0.1) is 11.7 Å². The number of nitrogens with one attached hydrogen (secondary N) is 1. The zero-order valence-corrected chi connectivity index (χ0v) is 14.0. The Morgan fingerprint density at radius 2 is 2.08 bits per heavy atom. The number of hydrogen-bond acceptors (Lipinski definition) is 2. The van der Waals surface area contributed by atoms with Gasteiger partial charge in [-0.15, -0.1) is 0 Å². The average molecular weight is 332 g/mol. The number of likely N-dealkylation sites (tertiary alicyclic amines) is 1. The minimum Gasteiger partial charge on any atom is -0.354 e. The van der Waals surface area contributed by atoms with Crippen LogP contribution in [0.3, 0.4) is 0 Å². The van der Waals surface area contributed by atoms with Crippen LogP contribution in [-0.4, -0.2) is 35.8 Å². The number of carbonyl (C=O) groups excluding carboxylic acids is 2. The molecule has 1 aromatic carbocycles. The maximum absolute atomic E-state index is 13.4. The second-order valence-corrected chi connectivity index (χ2v) is 6.91. The second-order valence-electron chi connectivity index (χ2n) is 6.91. The summed E-state index contributed by atoms with van der Waals surface area (Å²) in [5.41, 5.74) is 0.856. The molecule has 4 nitrogen and oxygen atoms in total. The van der Waals surface area contributed by atoms with Gasteiger partial charge in [0, 0.05) is 25.4 Å². The van der Waals surface area contributed by atoms with Gasteiger partial charge in [-0.3, -0.25) is 9.59 Å². The minimum atomic E-state index is -0.269. The topological polar surface area (TPSA) is 49.4 Å². The molecule has 0 unspecified atom stereocenters. The molecule has 2 fully saturated rings. The highest BCUT2D eigenvalue weighted by molar-refractivity contribution is 5.80. The molecular formula is C19H25FN2O2. The van der Waals surface area contributed by atoms with E-state index in [4.69, 9.17) is 0 Å². The van der Waals surface area contributed by atoms with Crippen LogP contribution in [0.5, 0.6) is 0 Å². The van der Waals surface area contributed by atoms with Gasteiger partial charge >= 0.3 is 0 Å². The summed E-state index contributed by atoms with van der Waals surface area (Å²) in [7, 11) is 0. The molecule has 0 radical (unpaired) electrons. The predicted octanol–water partition coefficient (Wildman–Crippen LogP) is 2.67. The van der Waals surface area contributed by atoms with Crippen LogP contribution in [0.15, 0.2) is 24.3 Å². The first-order chi connectivity index (χ1) is 11.6. The van der Waals surface area contributed by atoms with Gasteiger partial charge in [-0.25, -0.2) is 4.39 Å². The van der Waals surface area contributed by atoms with Gasteiger partial charge < -0.3 is 10.2 Å². The van der Waals surface area contributed by atoms with Crippen molar-refractivity contribution < 1.29 is 14.0 Å². The molecule has 130 valence electrons. The number of halogens is 1. The molecule has 0 aromatic heterocycles. The Morgan fingerprint density at radius 3 is 2.75 bits per heavy atom. The summed E-state index contributed by atoms with van der Waals surface area (Å²) in [6.45, 7) is 1.16. The normalized spacial score (nSPS) is 19.7. The summed E-state index contributed by atoms with van der Waals surface area (Å²) in [4.78, 5) is 26.2. The Bertz CT molecular complexity index is 599. The zero-order chi connectivity index (χ0) is 16.9. The van der Waals surface area contributed by atoms with Crippen LogP contribution >= 0.6 is 0 Å². The molecule has 1 aromatic rings. The lowest BCUT2D eigenvalue weighted by Crippen LogP contribution is -2.46. The molecule has 2 aliphatic rings. The third kappa shape index (κ3) is 4.13. The summed E-state index contributed by atoms with van der Waals surface area (Å²) < 4.78 is 13.4. The lowest BCUT2D eigenvalue weighted by molar-refractivity contribution is -0.131. The van der Waals surface area contributed by atoms with Gasteiger partial charge in [0.05, 0.1) is 6.04 Å². The molecule has 2 amide bonds. The Labute approximate surface area is 142 Å². The van der Waals surface area contributed by atoms with Crippen molar-refractivity contribution in [3.63, 3.8) is 0 Å². The molecule has 5 heteroatoms. The SMILES string of the molecule is O=C(NC[C@H](Cc1cccc(F)c1)N1CCCC1=O)C1CCCC1. The van der Waals surface area contributed by atoms with Crippen molar-refractivity contribution in [1.82, 2.24) is 10.2 Å². The zero-order valence-electron chi connectivity index (χ0n) is 14.0.